The van der Waals surface area contributed by atoms with Gasteiger partial charge < -0.3 is 5.32 Å². The van der Waals surface area contributed by atoms with Crippen LogP contribution in [-0.2, 0) is 6.54 Å². The standard InChI is InChI=1S/C13H16F2N4/c1-9-7-13(15)11(8-12(9)14)10(2)16-3-5-19-6-4-17-18-19/h4,6-8,10,16H,3,5H2,1-2H3. The first-order chi connectivity index (χ1) is 9.08. The van der Waals surface area contributed by atoms with Gasteiger partial charge in [-0.25, -0.2) is 8.78 Å². The molecule has 0 amide bonds. The molecule has 0 saturated heterocycles. The maximum Gasteiger partial charge on any atom is 0.128 e. The molecule has 1 unspecified atom stereocenters. The van der Waals surface area contributed by atoms with E-state index in [1.165, 1.54) is 12.1 Å². The summed E-state index contributed by atoms with van der Waals surface area (Å²) in [5, 5.41) is 10.6. The fraction of sp³-hybridized carbons (Fsp3) is 0.385. The Morgan fingerprint density at radius 1 is 1.32 bits per heavy atom. The Bertz CT molecular complexity index is 540. The molecule has 4 nitrogen and oxygen atoms in total. The summed E-state index contributed by atoms with van der Waals surface area (Å²) in [7, 11) is 0. The van der Waals surface area contributed by atoms with Crippen LogP contribution in [0, 0.1) is 18.6 Å². The van der Waals surface area contributed by atoms with E-state index in [0.717, 1.165) is 0 Å². The Morgan fingerprint density at radius 2 is 2.11 bits per heavy atom. The number of rotatable bonds is 5. The molecule has 0 saturated carbocycles. The summed E-state index contributed by atoms with van der Waals surface area (Å²) in [5.74, 6) is -0.777. The summed E-state index contributed by atoms with van der Waals surface area (Å²) >= 11 is 0. The smallest absolute Gasteiger partial charge is 0.128 e. The van der Waals surface area contributed by atoms with Gasteiger partial charge >= 0.3 is 0 Å². The van der Waals surface area contributed by atoms with Crippen LogP contribution in [-0.4, -0.2) is 21.5 Å². The minimum absolute atomic E-state index is 0.265. The number of halogens is 2. The molecule has 0 bridgehead atoms. The molecule has 1 aromatic heterocycles. The van der Waals surface area contributed by atoms with Crippen molar-refractivity contribution in [2.75, 3.05) is 6.54 Å². The quantitative estimate of drug-likeness (QED) is 0.902. The van der Waals surface area contributed by atoms with Crippen molar-refractivity contribution in [2.45, 2.75) is 26.4 Å². The number of nitrogens with one attached hydrogen (secondary N) is 1. The highest BCUT2D eigenvalue weighted by atomic mass is 19.1. The molecule has 0 spiro atoms. The Hall–Kier alpha value is -1.82. The lowest BCUT2D eigenvalue weighted by molar-refractivity contribution is 0.479. The zero-order chi connectivity index (χ0) is 13.8. The highest BCUT2D eigenvalue weighted by molar-refractivity contribution is 5.27. The number of hydrogen-bond acceptors (Lipinski definition) is 3. The van der Waals surface area contributed by atoms with Crippen molar-refractivity contribution in [1.29, 1.82) is 0 Å². The van der Waals surface area contributed by atoms with E-state index in [9.17, 15) is 8.78 Å². The van der Waals surface area contributed by atoms with Gasteiger partial charge in [0.25, 0.3) is 0 Å². The van der Waals surface area contributed by atoms with Gasteiger partial charge in [-0.05, 0) is 31.5 Å². The van der Waals surface area contributed by atoms with E-state index in [4.69, 9.17) is 0 Å². The fourth-order valence-corrected chi connectivity index (χ4v) is 1.85. The Balaban J connectivity index is 1.96. The van der Waals surface area contributed by atoms with Crippen LogP contribution in [0.4, 0.5) is 8.78 Å². The van der Waals surface area contributed by atoms with Crippen LogP contribution in [0.25, 0.3) is 0 Å². The molecule has 2 aromatic rings. The van der Waals surface area contributed by atoms with Crippen molar-refractivity contribution in [3.05, 3.63) is 47.3 Å². The zero-order valence-corrected chi connectivity index (χ0v) is 10.9. The summed E-state index contributed by atoms with van der Waals surface area (Å²) in [4.78, 5) is 0. The molecule has 0 fully saturated rings. The third-order valence-electron chi connectivity index (χ3n) is 3.01. The molecule has 6 heteroatoms. The van der Waals surface area contributed by atoms with Crippen LogP contribution >= 0.6 is 0 Å². The molecule has 19 heavy (non-hydrogen) atoms. The molecular weight excluding hydrogens is 250 g/mol. The Morgan fingerprint density at radius 3 is 2.79 bits per heavy atom. The van der Waals surface area contributed by atoms with Crippen LogP contribution < -0.4 is 5.32 Å². The molecule has 102 valence electrons. The van der Waals surface area contributed by atoms with Crippen molar-refractivity contribution in [1.82, 2.24) is 20.3 Å². The van der Waals surface area contributed by atoms with Gasteiger partial charge in [0.15, 0.2) is 0 Å². The average molecular weight is 266 g/mol. The lowest BCUT2D eigenvalue weighted by atomic mass is 10.1. The van der Waals surface area contributed by atoms with Crippen LogP contribution in [0.1, 0.15) is 24.1 Å². The molecule has 0 aliphatic heterocycles. The molecule has 0 radical (unpaired) electrons. The summed E-state index contributed by atoms with van der Waals surface area (Å²) < 4.78 is 28.9. The number of hydrogen-bond donors (Lipinski definition) is 1. The molecule has 2 rings (SSSR count). The van der Waals surface area contributed by atoms with Gasteiger partial charge in [0.2, 0.25) is 0 Å². The van der Waals surface area contributed by atoms with Crippen molar-refractivity contribution < 1.29 is 8.78 Å². The zero-order valence-electron chi connectivity index (χ0n) is 10.9. The lowest BCUT2D eigenvalue weighted by Gasteiger charge is -2.15. The summed E-state index contributed by atoms with van der Waals surface area (Å²) in [6, 6.07) is 2.21. The Labute approximate surface area is 110 Å². The van der Waals surface area contributed by atoms with E-state index < -0.39 is 0 Å². The predicted molar refractivity (Wildman–Crippen MR) is 67.5 cm³/mol. The van der Waals surface area contributed by atoms with Crippen LogP contribution in [0.3, 0.4) is 0 Å². The van der Waals surface area contributed by atoms with Crippen molar-refractivity contribution >= 4 is 0 Å². The van der Waals surface area contributed by atoms with Gasteiger partial charge in [-0.15, -0.1) is 5.10 Å². The molecule has 0 aliphatic carbocycles. The van der Waals surface area contributed by atoms with Crippen LogP contribution in [0.2, 0.25) is 0 Å². The molecule has 1 atom stereocenters. The van der Waals surface area contributed by atoms with Gasteiger partial charge in [0.05, 0.1) is 12.7 Å². The molecule has 1 aromatic carbocycles. The molecule has 1 N–H and O–H groups in total. The van der Waals surface area contributed by atoms with E-state index >= 15 is 0 Å². The summed E-state index contributed by atoms with van der Waals surface area (Å²) in [6.45, 7) is 4.57. The third-order valence-corrected chi connectivity index (χ3v) is 3.01. The SMILES string of the molecule is Cc1cc(F)c(C(C)NCCn2ccnn2)cc1F. The number of aryl methyl sites for hydroxylation is 1. The summed E-state index contributed by atoms with van der Waals surface area (Å²) in [6.07, 6.45) is 3.34. The first kappa shape index (κ1) is 13.6. The van der Waals surface area contributed by atoms with Gasteiger partial charge in [0, 0.05) is 24.3 Å². The highest BCUT2D eigenvalue weighted by Crippen LogP contribution is 2.20. The fourth-order valence-electron chi connectivity index (χ4n) is 1.85. The second-order valence-electron chi connectivity index (χ2n) is 4.46. The van der Waals surface area contributed by atoms with E-state index in [0.29, 0.717) is 24.2 Å². The van der Waals surface area contributed by atoms with Crippen molar-refractivity contribution in [3.63, 3.8) is 0 Å². The maximum absolute atomic E-state index is 13.7. The first-order valence-corrected chi connectivity index (χ1v) is 6.11. The number of aromatic nitrogens is 3. The van der Waals surface area contributed by atoms with Crippen molar-refractivity contribution in [2.24, 2.45) is 0 Å². The second-order valence-corrected chi connectivity index (χ2v) is 4.46. The third kappa shape index (κ3) is 3.35. The molecule has 1 heterocycles. The van der Waals surface area contributed by atoms with E-state index in [1.54, 1.807) is 30.9 Å². The minimum Gasteiger partial charge on any atom is -0.308 e. The van der Waals surface area contributed by atoms with Gasteiger partial charge in [-0.1, -0.05) is 5.21 Å². The van der Waals surface area contributed by atoms with Gasteiger partial charge in [-0.3, -0.25) is 4.68 Å². The van der Waals surface area contributed by atoms with Crippen molar-refractivity contribution in [3.8, 4) is 0 Å². The molecule has 0 aliphatic rings. The van der Waals surface area contributed by atoms with Crippen LogP contribution in [0.5, 0.6) is 0 Å². The van der Waals surface area contributed by atoms with E-state index in [1.807, 2.05) is 0 Å². The normalized spacial score (nSPS) is 12.6. The van der Waals surface area contributed by atoms with E-state index in [-0.39, 0.29) is 17.7 Å². The van der Waals surface area contributed by atoms with Gasteiger partial charge in [-0.2, -0.15) is 0 Å². The number of nitrogens with zero attached hydrogens (tertiary/aromatic N) is 3. The maximum atomic E-state index is 13.7. The lowest BCUT2D eigenvalue weighted by Crippen LogP contribution is -2.24. The topological polar surface area (TPSA) is 42.7 Å². The average Bonchev–Trinajstić information content (AvgIpc) is 2.86. The Kier molecular flexibility index (Phi) is 4.21. The van der Waals surface area contributed by atoms with Gasteiger partial charge in [0.1, 0.15) is 11.6 Å². The largest absolute Gasteiger partial charge is 0.308 e. The monoisotopic (exact) mass is 266 g/mol. The highest BCUT2D eigenvalue weighted by Gasteiger charge is 2.13. The summed E-state index contributed by atoms with van der Waals surface area (Å²) in [5.41, 5.74) is 0.651. The minimum atomic E-state index is -0.389. The van der Waals surface area contributed by atoms with Crippen LogP contribution in [0.15, 0.2) is 24.5 Å². The second kappa shape index (κ2) is 5.88. The number of benzene rings is 1. The predicted octanol–water partition coefficient (Wildman–Crippen LogP) is 2.22. The molecular formula is C13H16F2N4. The van der Waals surface area contributed by atoms with E-state index in [2.05, 4.69) is 15.6 Å². The first-order valence-electron chi connectivity index (χ1n) is 6.11.